The minimum Gasteiger partial charge on any atom is -0.384 e. The third-order valence-electron chi connectivity index (χ3n) is 2.56. The quantitative estimate of drug-likeness (QED) is 0.823. The number of halogens is 1. The molecule has 3 nitrogen and oxygen atoms in total. The fourth-order valence-electron chi connectivity index (χ4n) is 1.66. The molecule has 0 radical (unpaired) electrons. The van der Waals surface area contributed by atoms with E-state index in [9.17, 15) is 9.18 Å². The van der Waals surface area contributed by atoms with Crippen LogP contribution in [0.25, 0.3) is 0 Å². The van der Waals surface area contributed by atoms with Gasteiger partial charge in [-0.1, -0.05) is 30.0 Å². The molecule has 1 amide bonds. The van der Waals surface area contributed by atoms with Gasteiger partial charge in [0, 0.05) is 11.1 Å². The molecule has 2 aromatic carbocycles. The van der Waals surface area contributed by atoms with Gasteiger partial charge in [-0.3, -0.25) is 4.79 Å². The van der Waals surface area contributed by atoms with E-state index in [0.29, 0.717) is 11.3 Å². The number of hydrogen-bond donors (Lipinski definition) is 2. The molecular formula is C16H12FNO2. The Kier molecular flexibility index (Phi) is 4.48. The van der Waals surface area contributed by atoms with E-state index in [1.165, 1.54) is 18.2 Å². The highest BCUT2D eigenvalue weighted by molar-refractivity contribution is 6.04. The molecule has 0 spiro atoms. The van der Waals surface area contributed by atoms with E-state index >= 15 is 0 Å². The Hall–Kier alpha value is -2.64. The van der Waals surface area contributed by atoms with E-state index in [2.05, 4.69) is 17.2 Å². The van der Waals surface area contributed by atoms with Crippen molar-refractivity contribution in [2.75, 3.05) is 11.9 Å². The van der Waals surface area contributed by atoms with E-state index in [0.717, 1.165) is 6.07 Å². The smallest absolute Gasteiger partial charge is 0.255 e. The summed E-state index contributed by atoms with van der Waals surface area (Å²) in [5, 5.41) is 11.4. The molecule has 0 aliphatic rings. The summed E-state index contributed by atoms with van der Waals surface area (Å²) in [4.78, 5) is 12.0. The van der Waals surface area contributed by atoms with Crippen molar-refractivity contribution in [3.63, 3.8) is 0 Å². The summed E-state index contributed by atoms with van der Waals surface area (Å²) in [6, 6.07) is 12.4. The van der Waals surface area contributed by atoms with Gasteiger partial charge in [-0.2, -0.15) is 0 Å². The average Bonchev–Trinajstić information content (AvgIpc) is 2.46. The minimum absolute atomic E-state index is 0.231. The van der Waals surface area contributed by atoms with Crippen LogP contribution in [0, 0.1) is 17.7 Å². The summed E-state index contributed by atoms with van der Waals surface area (Å²) < 4.78 is 13.1. The van der Waals surface area contributed by atoms with Gasteiger partial charge in [-0.25, -0.2) is 4.39 Å². The second-order valence-electron chi connectivity index (χ2n) is 3.97. The number of para-hydroxylation sites is 1. The third kappa shape index (κ3) is 3.44. The Labute approximate surface area is 116 Å². The van der Waals surface area contributed by atoms with Crippen LogP contribution >= 0.6 is 0 Å². The Morgan fingerprint density at radius 2 is 2.00 bits per heavy atom. The van der Waals surface area contributed by atoms with E-state index in [1.54, 1.807) is 24.3 Å². The SMILES string of the molecule is O=C(Nc1ccccc1C#CCO)c1cccc(F)c1. The Morgan fingerprint density at radius 1 is 1.20 bits per heavy atom. The maximum Gasteiger partial charge on any atom is 0.255 e. The van der Waals surface area contributed by atoms with Gasteiger partial charge < -0.3 is 10.4 Å². The minimum atomic E-state index is -0.467. The van der Waals surface area contributed by atoms with Gasteiger partial charge in [0.1, 0.15) is 12.4 Å². The Bertz CT molecular complexity index is 686. The zero-order valence-electron chi connectivity index (χ0n) is 10.6. The maximum absolute atomic E-state index is 13.1. The van der Waals surface area contributed by atoms with Gasteiger partial charge >= 0.3 is 0 Å². The van der Waals surface area contributed by atoms with Crippen LogP contribution in [0.1, 0.15) is 15.9 Å². The second-order valence-corrected chi connectivity index (χ2v) is 3.97. The lowest BCUT2D eigenvalue weighted by molar-refractivity contribution is 0.102. The van der Waals surface area contributed by atoms with Crippen LogP contribution in [-0.2, 0) is 0 Å². The zero-order valence-corrected chi connectivity index (χ0v) is 10.6. The number of rotatable bonds is 2. The van der Waals surface area contributed by atoms with E-state index in [1.807, 2.05) is 0 Å². The average molecular weight is 269 g/mol. The van der Waals surface area contributed by atoms with Gasteiger partial charge in [-0.15, -0.1) is 0 Å². The number of carbonyl (C=O) groups is 1. The van der Waals surface area contributed by atoms with Crippen molar-refractivity contribution in [1.29, 1.82) is 0 Å². The van der Waals surface area contributed by atoms with Crippen molar-refractivity contribution in [3.05, 3.63) is 65.5 Å². The molecule has 0 saturated carbocycles. The van der Waals surface area contributed by atoms with Crippen molar-refractivity contribution in [1.82, 2.24) is 0 Å². The highest BCUT2D eigenvalue weighted by Gasteiger charge is 2.08. The van der Waals surface area contributed by atoms with Crippen LogP contribution in [-0.4, -0.2) is 17.6 Å². The number of aliphatic hydroxyl groups is 1. The molecule has 100 valence electrons. The molecule has 0 aromatic heterocycles. The summed E-state index contributed by atoms with van der Waals surface area (Å²) in [5.74, 6) is 4.38. The normalized spacial score (nSPS) is 9.50. The van der Waals surface area contributed by atoms with Gasteiger partial charge in [0.05, 0.1) is 5.69 Å². The molecule has 0 atom stereocenters. The number of amides is 1. The molecular weight excluding hydrogens is 257 g/mol. The molecule has 2 aromatic rings. The standard InChI is InChI=1S/C16H12FNO2/c17-14-8-3-6-13(11-14)16(20)18-15-9-2-1-5-12(15)7-4-10-19/h1-3,5-6,8-9,11,19H,10H2,(H,18,20). The van der Waals surface area contributed by atoms with Crippen LogP contribution in [0.2, 0.25) is 0 Å². The van der Waals surface area contributed by atoms with Gasteiger partial charge in [0.2, 0.25) is 0 Å². The number of benzene rings is 2. The summed E-state index contributed by atoms with van der Waals surface area (Å²) in [5.41, 5.74) is 1.34. The zero-order chi connectivity index (χ0) is 14.4. The van der Waals surface area contributed by atoms with Gasteiger partial charge in [0.15, 0.2) is 0 Å². The molecule has 20 heavy (non-hydrogen) atoms. The van der Waals surface area contributed by atoms with Crippen molar-refractivity contribution in [3.8, 4) is 11.8 Å². The molecule has 4 heteroatoms. The van der Waals surface area contributed by atoms with E-state index in [-0.39, 0.29) is 12.2 Å². The molecule has 0 fully saturated rings. The Balaban J connectivity index is 2.24. The molecule has 0 aliphatic carbocycles. The first kappa shape index (κ1) is 13.8. The lowest BCUT2D eigenvalue weighted by Crippen LogP contribution is -2.13. The number of carbonyl (C=O) groups excluding carboxylic acids is 1. The van der Waals surface area contributed by atoms with Gasteiger partial charge in [0.25, 0.3) is 5.91 Å². The van der Waals surface area contributed by atoms with Gasteiger partial charge in [-0.05, 0) is 30.3 Å². The summed E-state index contributed by atoms with van der Waals surface area (Å²) >= 11 is 0. The predicted molar refractivity (Wildman–Crippen MR) is 74.8 cm³/mol. The summed E-state index contributed by atoms with van der Waals surface area (Å²) in [6.07, 6.45) is 0. The summed E-state index contributed by atoms with van der Waals surface area (Å²) in [7, 11) is 0. The second kappa shape index (κ2) is 6.50. The highest BCUT2D eigenvalue weighted by Crippen LogP contribution is 2.15. The fraction of sp³-hybridized carbons (Fsp3) is 0.0625. The highest BCUT2D eigenvalue weighted by atomic mass is 19.1. The lowest BCUT2D eigenvalue weighted by Gasteiger charge is -2.07. The van der Waals surface area contributed by atoms with E-state index in [4.69, 9.17) is 5.11 Å². The molecule has 2 N–H and O–H groups in total. The fourth-order valence-corrected chi connectivity index (χ4v) is 1.66. The number of nitrogens with one attached hydrogen (secondary N) is 1. The van der Waals surface area contributed by atoms with Crippen molar-refractivity contribution >= 4 is 11.6 Å². The molecule has 0 bridgehead atoms. The molecule has 0 saturated heterocycles. The Morgan fingerprint density at radius 3 is 2.75 bits per heavy atom. The first-order chi connectivity index (χ1) is 9.70. The number of anilines is 1. The van der Waals surface area contributed by atoms with Crippen LogP contribution in [0.15, 0.2) is 48.5 Å². The van der Waals surface area contributed by atoms with Crippen molar-refractivity contribution in [2.45, 2.75) is 0 Å². The van der Waals surface area contributed by atoms with E-state index < -0.39 is 11.7 Å². The van der Waals surface area contributed by atoms with Crippen LogP contribution in [0.3, 0.4) is 0 Å². The predicted octanol–water partition coefficient (Wildman–Crippen LogP) is 2.42. The number of aliphatic hydroxyl groups excluding tert-OH is 1. The molecule has 0 heterocycles. The first-order valence-corrected chi connectivity index (χ1v) is 5.96. The first-order valence-electron chi connectivity index (χ1n) is 5.96. The van der Waals surface area contributed by atoms with Crippen LogP contribution in [0.4, 0.5) is 10.1 Å². The van der Waals surface area contributed by atoms with Crippen LogP contribution < -0.4 is 5.32 Å². The monoisotopic (exact) mass is 269 g/mol. The molecule has 0 aliphatic heterocycles. The molecule has 0 unspecified atom stereocenters. The maximum atomic E-state index is 13.1. The lowest BCUT2D eigenvalue weighted by atomic mass is 10.1. The third-order valence-corrected chi connectivity index (χ3v) is 2.56. The largest absolute Gasteiger partial charge is 0.384 e. The van der Waals surface area contributed by atoms with Crippen molar-refractivity contribution in [2.24, 2.45) is 0 Å². The molecule has 2 rings (SSSR count). The topological polar surface area (TPSA) is 49.3 Å². The number of hydrogen-bond acceptors (Lipinski definition) is 2. The van der Waals surface area contributed by atoms with Crippen molar-refractivity contribution < 1.29 is 14.3 Å². The summed E-state index contributed by atoms with van der Waals surface area (Å²) in [6.45, 7) is -0.258. The van der Waals surface area contributed by atoms with Crippen LogP contribution in [0.5, 0.6) is 0 Å².